The second-order valence-electron chi connectivity index (χ2n) is 6.77. The minimum Gasteiger partial charge on any atom is -0.348 e. The molecule has 1 N–H and O–H groups in total. The first-order chi connectivity index (χ1) is 11.1. The molecule has 1 aromatic heterocycles. The number of nitrogens with one attached hydrogen (secondary N) is 1. The molecule has 0 radical (unpaired) electrons. The Bertz CT molecular complexity index is 738. The lowest BCUT2D eigenvalue weighted by Crippen LogP contribution is -2.35. The van der Waals surface area contributed by atoms with E-state index in [1.54, 1.807) is 13.8 Å². The van der Waals surface area contributed by atoms with Crippen molar-refractivity contribution >= 4 is 5.91 Å². The molecule has 8 heteroatoms. The second-order valence-corrected chi connectivity index (χ2v) is 6.77. The Morgan fingerprint density at radius 1 is 1.25 bits per heavy atom. The Morgan fingerprint density at radius 2 is 1.92 bits per heavy atom. The van der Waals surface area contributed by atoms with Crippen LogP contribution in [0.1, 0.15) is 58.1 Å². The van der Waals surface area contributed by atoms with Crippen LogP contribution in [0, 0.1) is 11.6 Å². The lowest BCUT2D eigenvalue weighted by Gasteiger charge is -2.22. The first-order valence-corrected chi connectivity index (χ1v) is 7.65. The molecule has 1 aromatic carbocycles. The molecule has 2 aromatic rings. The maximum absolute atomic E-state index is 13.8. The molecule has 1 heterocycles. The number of amides is 1. The highest BCUT2D eigenvalue weighted by atomic mass is 19.1. The van der Waals surface area contributed by atoms with Crippen molar-refractivity contribution in [3.63, 3.8) is 0 Å². The molecule has 2 atom stereocenters. The number of carbonyl (C=O) groups is 1. The summed E-state index contributed by atoms with van der Waals surface area (Å²) in [5.41, 5.74) is -0.114. The van der Waals surface area contributed by atoms with Gasteiger partial charge >= 0.3 is 0 Å². The van der Waals surface area contributed by atoms with E-state index in [1.165, 1.54) is 10.7 Å². The number of benzene rings is 1. The number of aromatic nitrogens is 4. The van der Waals surface area contributed by atoms with Crippen molar-refractivity contribution < 1.29 is 13.6 Å². The Balaban J connectivity index is 2.16. The van der Waals surface area contributed by atoms with E-state index in [0.717, 1.165) is 12.1 Å². The normalized spacial score (nSPS) is 14.3. The van der Waals surface area contributed by atoms with Crippen molar-refractivity contribution in [2.24, 2.45) is 0 Å². The molecule has 0 fully saturated rings. The summed E-state index contributed by atoms with van der Waals surface area (Å²) in [7, 11) is 0. The Hall–Kier alpha value is -2.38. The van der Waals surface area contributed by atoms with E-state index >= 15 is 0 Å². The van der Waals surface area contributed by atoms with E-state index in [1.807, 2.05) is 20.8 Å². The fourth-order valence-corrected chi connectivity index (χ4v) is 2.32. The van der Waals surface area contributed by atoms with Crippen molar-refractivity contribution in [3.8, 4) is 0 Å². The summed E-state index contributed by atoms with van der Waals surface area (Å²) >= 11 is 0. The Labute approximate surface area is 139 Å². The van der Waals surface area contributed by atoms with E-state index in [4.69, 9.17) is 0 Å². The van der Waals surface area contributed by atoms with Crippen LogP contribution < -0.4 is 5.32 Å². The molecule has 0 aliphatic carbocycles. The van der Waals surface area contributed by atoms with Gasteiger partial charge in [0.2, 0.25) is 5.91 Å². The zero-order valence-electron chi connectivity index (χ0n) is 14.3. The maximum Gasteiger partial charge on any atom is 0.245 e. The maximum atomic E-state index is 13.8. The number of carbonyl (C=O) groups excluding carboxylic acids is 1. The molecule has 0 aliphatic rings. The van der Waals surface area contributed by atoms with Crippen LogP contribution in [0.25, 0.3) is 0 Å². The minimum atomic E-state index is -0.701. The fourth-order valence-electron chi connectivity index (χ4n) is 2.32. The standard InChI is InChI=1S/C16H21F2N5O/c1-9(12-7-6-11(17)8-13(12)18)19-14(24)10(2)23-15(16(3,4)5)20-21-22-23/h6-10H,1-5H3,(H,19,24)/t9-,10-/m1/s1. The van der Waals surface area contributed by atoms with Gasteiger partial charge in [-0.25, -0.2) is 13.5 Å². The summed E-state index contributed by atoms with van der Waals surface area (Å²) in [5, 5.41) is 14.2. The third kappa shape index (κ3) is 3.74. The van der Waals surface area contributed by atoms with Gasteiger partial charge in [0.05, 0.1) is 6.04 Å². The Kier molecular flexibility index (Phi) is 4.96. The quantitative estimate of drug-likeness (QED) is 0.931. The van der Waals surface area contributed by atoms with Gasteiger partial charge in [0.15, 0.2) is 5.82 Å². The van der Waals surface area contributed by atoms with E-state index in [2.05, 4.69) is 20.8 Å². The van der Waals surface area contributed by atoms with E-state index in [9.17, 15) is 13.6 Å². The molecule has 0 unspecified atom stereocenters. The average molecular weight is 337 g/mol. The largest absolute Gasteiger partial charge is 0.348 e. The Morgan fingerprint density at radius 3 is 2.50 bits per heavy atom. The van der Waals surface area contributed by atoms with Crippen LogP contribution in [-0.2, 0) is 10.2 Å². The van der Waals surface area contributed by atoms with Crippen LogP contribution in [0.2, 0.25) is 0 Å². The first kappa shape index (κ1) is 18.0. The van der Waals surface area contributed by atoms with Gasteiger partial charge in [-0.2, -0.15) is 0 Å². The molecule has 6 nitrogen and oxygen atoms in total. The van der Waals surface area contributed by atoms with Crippen LogP contribution in [-0.4, -0.2) is 26.1 Å². The lowest BCUT2D eigenvalue weighted by atomic mass is 9.95. The molecule has 0 saturated carbocycles. The summed E-state index contributed by atoms with van der Waals surface area (Å²) in [6.07, 6.45) is 0. The molecule has 0 bridgehead atoms. The van der Waals surface area contributed by atoms with Crippen molar-refractivity contribution in [2.75, 3.05) is 0 Å². The van der Waals surface area contributed by atoms with Crippen LogP contribution in [0.3, 0.4) is 0 Å². The summed E-state index contributed by atoms with van der Waals surface area (Å²) < 4.78 is 28.3. The number of hydrogen-bond acceptors (Lipinski definition) is 4. The highest BCUT2D eigenvalue weighted by molar-refractivity contribution is 5.80. The van der Waals surface area contributed by atoms with Gasteiger partial charge in [-0.1, -0.05) is 26.8 Å². The highest BCUT2D eigenvalue weighted by Crippen LogP contribution is 2.23. The number of hydrogen-bond donors (Lipinski definition) is 1. The number of rotatable bonds is 4. The van der Waals surface area contributed by atoms with Crippen LogP contribution in [0.15, 0.2) is 18.2 Å². The summed E-state index contributed by atoms with van der Waals surface area (Å²) in [6.45, 7) is 9.11. The molecule has 130 valence electrons. The third-order valence-corrected chi connectivity index (χ3v) is 3.70. The van der Waals surface area contributed by atoms with Gasteiger partial charge < -0.3 is 5.32 Å². The molecule has 0 aliphatic heterocycles. The van der Waals surface area contributed by atoms with E-state index in [0.29, 0.717) is 5.82 Å². The number of halogens is 2. The second kappa shape index (κ2) is 6.62. The smallest absolute Gasteiger partial charge is 0.245 e. The molecule has 1 amide bonds. The molecule has 0 spiro atoms. The zero-order chi connectivity index (χ0) is 18.1. The number of tetrazole rings is 1. The summed E-state index contributed by atoms with van der Waals surface area (Å²) in [6, 6.07) is 1.98. The zero-order valence-corrected chi connectivity index (χ0v) is 14.3. The predicted molar refractivity (Wildman–Crippen MR) is 84.1 cm³/mol. The van der Waals surface area contributed by atoms with Gasteiger partial charge in [-0.15, -0.1) is 5.10 Å². The lowest BCUT2D eigenvalue weighted by molar-refractivity contribution is -0.124. The molecule has 2 rings (SSSR count). The predicted octanol–water partition coefficient (Wildman–Crippen LogP) is 2.69. The van der Waals surface area contributed by atoms with Gasteiger partial charge in [-0.05, 0) is 30.3 Å². The molecular weight excluding hydrogens is 316 g/mol. The van der Waals surface area contributed by atoms with Crippen molar-refractivity contribution in [2.45, 2.75) is 52.1 Å². The monoisotopic (exact) mass is 337 g/mol. The molecule has 0 saturated heterocycles. The van der Waals surface area contributed by atoms with E-state index < -0.39 is 23.7 Å². The average Bonchev–Trinajstić information content (AvgIpc) is 2.95. The van der Waals surface area contributed by atoms with E-state index in [-0.39, 0.29) is 16.9 Å². The molecule has 24 heavy (non-hydrogen) atoms. The van der Waals surface area contributed by atoms with Gasteiger partial charge in [0.1, 0.15) is 17.7 Å². The number of nitrogens with zero attached hydrogens (tertiary/aromatic N) is 4. The fraction of sp³-hybridized carbons (Fsp3) is 0.500. The first-order valence-electron chi connectivity index (χ1n) is 7.65. The van der Waals surface area contributed by atoms with Crippen LogP contribution >= 0.6 is 0 Å². The van der Waals surface area contributed by atoms with Gasteiger partial charge in [0.25, 0.3) is 0 Å². The highest BCUT2D eigenvalue weighted by Gasteiger charge is 2.28. The van der Waals surface area contributed by atoms with Gasteiger partial charge in [-0.3, -0.25) is 4.79 Å². The van der Waals surface area contributed by atoms with Crippen LogP contribution in [0.4, 0.5) is 8.78 Å². The van der Waals surface area contributed by atoms with Crippen LogP contribution in [0.5, 0.6) is 0 Å². The topological polar surface area (TPSA) is 72.7 Å². The summed E-state index contributed by atoms with van der Waals surface area (Å²) in [4.78, 5) is 12.5. The van der Waals surface area contributed by atoms with Crippen molar-refractivity contribution in [1.29, 1.82) is 0 Å². The summed E-state index contributed by atoms with van der Waals surface area (Å²) in [5.74, 6) is -1.14. The van der Waals surface area contributed by atoms with Gasteiger partial charge in [0, 0.05) is 17.0 Å². The molecular formula is C16H21F2N5O. The third-order valence-electron chi connectivity index (χ3n) is 3.70. The SMILES string of the molecule is C[C@H](C(=O)N[C@H](C)c1ccc(F)cc1F)n1nnnc1C(C)(C)C. The van der Waals surface area contributed by atoms with Crippen molar-refractivity contribution in [3.05, 3.63) is 41.2 Å². The minimum absolute atomic E-state index is 0.213. The van der Waals surface area contributed by atoms with Crippen molar-refractivity contribution in [1.82, 2.24) is 25.5 Å².